The average molecular weight is 557 g/mol. The van der Waals surface area contributed by atoms with Gasteiger partial charge in [-0.05, 0) is 54.1 Å². The molecule has 5 rings (SSSR count). The van der Waals surface area contributed by atoms with Crippen molar-refractivity contribution in [3.05, 3.63) is 101 Å². The highest BCUT2D eigenvalue weighted by atomic mass is 35.5. The number of hydrogen-bond donors (Lipinski definition) is 1. The van der Waals surface area contributed by atoms with Gasteiger partial charge in [0.2, 0.25) is 0 Å². The zero-order valence-corrected chi connectivity index (χ0v) is 21.6. The number of nitrogens with one attached hydrogen (secondary N) is 1. The molecular formula is C27H23ClF2N4O3S. The summed E-state index contributed by atoms with van der Waals surface area (Å²) >= 11 is 5.74. The first-order valence-corrected chi connectivity index (χ1v) is 13.7. The Morgan fingerprint density at radius 3 is 2.42 bits per heavy atom. The Hall–Kier alpha value is -3.60. The summed E-state index contributed by atoms with van der Waals surface area (Å²) in [6.07, 6.45) is 0. The van der Waals surface area contributed by atoms with Gasteiger partial charge >= 0.3 is 0 Å². The Bertz CT molecular complexity index is 1630. The summed E-state index contributed by atoms with van der Waals surface area (Å²) in [5.74, 6) is -1.79. The molecule has 1 aromatic heterocycles. The molecule has 0 bridgehead atoms. The van der Waals surface area contributed by atoms with Crippen molar-refractivity contribution in [1.82, 2.24) is 14.8 Å². The fraction of sp³-hybridized carbons (Fsp3) is 0.185. The van der Waals surface area contributed by atoms with Gasteiger partial charge in [0.05, 0.1) is 21.8 Å². The van der Waals surface area contributed by atoms with E-state index in [2.05, 4.69) is 14.6 Å². The minimum absolute atomic E-state index is 0.0194. The number of amides is 1. The van der Waals surface area contributed by atoms with E-state index in [1.54, 1.807) is 29.2 Å². The largest absolute Gasteiger partial charge is 0.336 e. The summed E-state index contributed by atoms with van der Waals surface area (Å²) in [6.45, 7) is 2.32. The molecule has 3 aromatic carbocycles. The van der Waals surface area contributed by atoms with Crippen molar-refractivity contribution in [3.63, 3.8) is 0 Å². The van der Waals surface area contributed by atoms with Gasteiger partial charge in [0, 0.05) is 38.1 Å². The molecule has 1 aliphatic rings. The van der Waals surface area contributed by atoms with Crippen LogP contribution >= 0.6 is 11.6 Å². The normalized spacial score (nSPS) is 14.6. The fourth-order valence-electron chi connectivity index (χ4n) is 4.33. The molecule has 0 saturated carbocycles. The highest BCUT2D eigenvalue weighted by molar-refractivity contribution is 7.92. The number of aromatic nitrogens is 1. The van der Waals surface area contributed by atoms with E-state index < -0.39 is 27.6 Å². The Balaban J connectivity index is 1.22. The molecule has 1 N–H and O–H groups in total. The Kier molecular flexibility index (Phi) is 7.29. The number of pyridine rings is 1. The van der Waals surface area contributed by atoms with E-state index in [4.69, 9.17) is 11.6 Å². The third-order valence-electron chi connectivity index (χ3n) is 6.35. The van der Waals surface area contributed by atoms with Crippen LogP contribution in [0.1, 0.15) is 15.9 Å². The van der Waals surface area contributed by atoms with Crippen LogP contribution in [0.5, 0.6) is 0 Å². The number of hydrogen-bond acceptors (Lipinski definition) is 5. The molecule has 1 saturated heterocycles. The molecule has 196 valence electrons. The zero-order valence-electron chi connectivity index (χ0n) is 20.1. The lowest BCUT2D eigenvalue weighted by molar-refractivity contribution is 0.0624. The van der Waals surface area contributed by atoms with Crippen LogP contribution < -0.4 is 4.72 Å². The standard InChI is InChI=1S/C27H23ClF2N4O3S/c28-22-9-5-18(15-24(22)30)17-33-11-13-34(14-12-33)27(35)21-8-7-20(16-23(21)29)32-38(36,37)26-10-6-19-3-1-2-4-25(19)31-26/h1-10,15-16,32H,11-14,17H2. The average Bonchev–Trinajstić information content (AvgIpc) is 2.90. The van der Waals surface area contributed by atoms with Crippen LogP contribution in [0.25, 0.3) is 10.9 Å². The number of carbonyl (C=O) groups excluding carboxylic acids is 1. The molecule has 0 unspecified atom stereocenters. The third-order valence-corrected chi connectivity index (χ3v) is 7.94. The second-order valence-electron chi connectivity index (χ2n) is 8.96. The summed E-state index contributed by atoms with van der Waals surface area (Å²) in [6, 6.07) is 18.4. The Morgan fingerprint density at radius 1 is 0.921 bits per heavy atom. The van der Waals surface area contributed by atoms with Gasteiger partial charge in [-0.2, -0.15) is 8.42 Å². The van der Waals surface area contributed by atoms with Crippen molar-refractivity contribution in [3.8, 4) is 0 Å². The molecule has 2 heterocycles. The molecular weight excluding hydrogens is 534 g/mol. The number of halogens is 3. The number of piperazine rings is 1. The minimum Gasteiger partial charge on any atom is -0.336 e. The lowest BCUT2D eigenvalue weighted by Crippen LogP contribution is -2.48. The van der Waals surface area contributed by atoms with Gasteiger partial charge in [-0.3, -0.25) is 14.4 Å². The number of rotatable bonds is 6. The molecule has 1 aliphatic heterocycles. The summed E-state index contributed by atoms with van der Waals surface area (Å²) in [7, 11) is -4.07. The Morgan fingerprint density at radius 2 is 1.68 bits per heavy atom. The van der Waals surface area contributed by atoms with Gasteiger partial charge in [0.25, 0.3) is 15.9 Å². The van der Waals surface area contributed by atoms with Crippen molar-refractivity contribution in [2.75, 3.05) is 30.9 Å². The van der Waals surface area contributed by atoms with E-state index >= 15 is 0 Å². The third kappa shape index (κ3) is 5.62. The zero-order chi connectivity index (χ0) is 26.9. The highest BCUT2D eigenvalue weighted by Crippen LogP contribution is 2.22. The van der Waals surface area contributed by atoms with Crippen LogP contribution in [0.15, 0.2) is 77.8 Å². The summed E-state index contributed by atoms with van der Waals surface area (Å²) in [5, 5.41) is 0.659. The van der Waals surface area contributed by atoms with Crippen LogP contribution in [0.4, 0.5) is 14.5 Å². The van der Waals surface area contributed by atoms with Gasteiger partial charge in [-0.25, -0.2) is 13.8 Å². The van der Waals surface area contributed by atoms with Crippen LogP contribution in [-0.2, 0) is 16.6 Å². The molecule has 7 nitrogen and oxygen atoms in total. The smallest absolute Gasteiger partial charge is 0.279 e. The van der Waals surface area contributed by atoms with Crippen molar-refractivity contribution < 1.29 is 22.0 Å². The number of para-hydroxylation sites is 1. The van der Waals surface area contributed by atoms with E-state index in [-0.39, 0.29) is 21.3 Å². The van der Waals surface area contributed by atoms with Crippen molar-refractivity contribution in [1.29, 1.82) is 0 Å². The lowest BCUT2D eigenvalue weighted by Gasteiger charge is -2.34. The quantitative estimate of drug-likeness (QED) is 0.364. The number of fused-ring (bicyclic) bond motifs is 1. The number of carbonyl (C=O) groups is 1. The van der Waals surface area contributed by atoms with Gasteiger partial charge in [-0.1, -0.05) is 35.9 Å². The number of benzene rings is 3. The first-order chi connectivity index (χ1) is 18.2. The van der Waals surface area contributed by atoms with Crippen LogP contribution in [-0.4, -0.2) is 55.3 Å². The minimum atomic E-state index is -4.07. The maximum atomic E-state index is 14.9. The summed E-state index contributed by atoms with van der Waals surface area (Å²) in [4.78, 5) is 20.8. The first-order valence-electron chi connectivity index (χ1n) is 11.8. The SMILES string of the molecule is O=C(c1ccc(NS(=O)(=O)c2ccc3ccccc3n2)cc1F)N1CCN(Cc2ccc(Cl)c(F)c2)CC1. The lowest BCUT2D eigenvalue weighted by atomic mass is 10.1. The Labute approximate surface area is 223 Å². The van der Waals surface area contributed by atoms with Crippen molar-refractivity contribution >= 4 is 44.1 Å². The maximum absolute atomic E-state index is 14.9. The molecule has 11 heteroatoms. The van der Waals surface area contributed by atoms with E-state index in [0.29, 0.717) is 38.2 Å². The number of anilines is 1. The summed E-state index contributed by atoms with van der Waals surface area (Å²) in [5.41, 5.74) is 1.12. The topological polar surface area (TPSA) is 82.6 Å². The van der Waals surface area contributed by atoms with Gasteiger partial charge < -0.3 is 4.90 Å². The second kappa shape index (κ2) is 10.6. The van der Waals surface area contributed by atoms with Crippen LogP contribution in [0.2, 0.25) is 5.02 Å². The molecule has 4 aromatic rings. The second-order valence-corrected chi connectivity index (χ2v) is 11.0. The molecule has 38 heavy (non-hydrogen) atoms. The first kappa shape index (κ1) is 26.0. The van der Waals surface area contributed by atoms with Gasteiger partial charge in [-0.15, -0.1) is 0 Å². The van der Waals surface area contributed by atoms with E-state index in [9.17, 15) is 22.0 Å². The molecule has 0 radical (unpaired) electrons. The van der Waals surface area contributed by atoms with Gasteiger partial charge in [0.15, 0.2) is 5.03 Å². The predicted octanol–water partition coefficient (Wildman–Crippen LogP) is 4.93. The molecule has 0 atom stereocenters. The molecule has 0 aliphatic carbocycles. The van der Waals surface area contributed by atoms with Crippen molar-refractivity contribution in [2.24, 2.45) is 0 Å². The van der Waals surface area contributed by atoms with Crippen molar-refractivity contribution in [2.45, 2.75) is 11.6 Å². The number of nitrogens with zero attached hydrogens (tertiary/aromatic N) is 3. The van der Waals surface area contributed by atoms with E-state index in [1.165, 1.54) is 30.3 Å². The van der Waals surface area contributed by atoms with E-state index in [0.717, 1.165) is 17.0 Å². The van der Waals surface area contributed by atoms with Gasteiger partial charge in [0.1, 0.15) is 11.6 Å². The van der Waals surface area contributed by atoms with E-state index in [1.807, 2.05) is 12.1 Å². The van der Waals surface area contributed by atoms with Crippen LogP contribution in [0.3, 0.4) is 0 Å². The predicted molar refractivity (Wildman–Crippen MR) is 142 cm³/mol. The van der Waals surface area contributed by atoms with Crippen LogP contribution in [0, 0.1) is 11.6 Å². The summed E-state index contributed by atoms with van der Waals surface area (Å²) < 4.78 is 56.6. The highest BCUT2D eigenvalue weighted by Gasteiger charge is 2.25. The maximum Gasteiger partial charge on any atom is 0.279 e. The molecule has 1 fully saturated rings. The molecule has 1 amide bonds. The fourth-order valence-corrected chi connectivity index (χ4v) is 5.46. The number of sulfonamides is 1. The monoisotopic (exact) mass is 556 g/mol. The molecule has 0 spiro atoms.